The number of nitrogens with zero attached hydrogens (tertiary/aromatic N) is 1. The molecule has 0 N–H and O–H groups in total. The number of hydrogen-bond donors (Lipinski definition) is 0. The number of ether oxygens (including phenoxy) is 1. The van der Waals surface area contributed by atoms with E-state index < -0.39 is 0 Å². The van der Waals surface area contributed by atoms with Crippen molar-refractivity contribution in [2.24, 2.45) is 0 Å². The number of likely N-dealkylation sites (N-methyl/N-ethyl adjacent to an activating group) is 1. The van der Waals surface area contributed by atoms with Crippen LogP contribution in [0, 0.1) is 0 Å². The SMILES string of the molecule is CCN1C(=O)COc2ccc(C(C)C)cc21. The molecule has 0 spiro atoms. The highest BCUT2D eigenvalue weighted by atomic mass is 16.5. The smallest absolute Gasteiger partial charge is 0.265 e. The maximum absolute atomic E-state index is 11.7. The van der Waals surface area contributed by atoms with Crippen LogP contribution in [0.1, 0.15) is 32.3 Å². The molecule has 16 heavy (non-hydrogen) atoms. The second kappa shape index (κ2) is 4.16. The average molecular weight is 219 g/mol. The number of hydrogen-bond acceptors (Lipinski definition) is 2. The number of amides is 1. The minimum absolute atomic E-state index is 0.0379. The molecule has 86 valence electrons. The topological polar surface area (TPSA) is 29.5 Å². The van der Waals surface area contributed by atoms with E-state index in [1.807, 2.05) is 13.0 Å². The van der Waals surface area contributed by atoms with Gasteiger partial charge in [-0.15, -0.1) is 0 Å². The fourth-order valence-electron chi connectivity index (χ4n) is 1.92. The van der Waals surface area contributed by atoms with Crippen LogP contribution in [0.15, 0.2) is 18.2 Å². The fourth-order valence-corrected chi connectivity index (χ4v) is 1.92. The molecule has 0 aromatic heterocycles. The average Bonchev–Trinajstić information content (AvgIpc) is 2.28. The highest BCUT2D eigenvalue weighted by Gasteiger charge is 2.24. The van der Waals surface area contributed by atoms with E-state index in [4.69, 9.17) is 4.74 Å². The van der Waals surface area contributed by atoms with Crippen molar-refractivity contribution in [2.75, 3.05) is 18.1 Å². The summed E-state index contributed by atoms with van der Waals surface area (Å²) in [5.41, 5.74) is 2.14. The van der Waals surface area contributed by atoms with Crippen molar-refractivity contribution >= 4 is 11.6 Å². The quantitative estimate of drug-likeness (QED) is 0.765. The van der Waals surface area contributed by atoms with Crippen molar-refractivity contribution in [3.8, 4) is 5.75 Å². The zero-order chi connectivity index (χ0) is 11.7. The Morgan fingerprint density at radius 3 is 2.81 bits per heavy atom. The molecule has 1 aromatic carbocycles. The van der Waals surface area contributed by atoms with Gasteiger partial charge in [-0.2, -0.15) is 0 Å². The molecule has 1 aromatic rings. The van der Waals surface area contributed by atoms with E-state index in [-0.39, 0.29) is 12.5 Å². The normalized spacial score (nSPS) is 15.0. The molecule has 1 amide bonds. The first kappa shape index (κ1) is 11.0. The highest BCUT2D eigenvalue weighted by Crippen LogP contribution is 2.34. The van der Waals surface area contributed by atoms with E-state index in [1.165, 1.54) is 5.56 Å². The molecule has 1 aliphatic heterocycles. The molecular weight excluding hydrogens is 202 g/mol. The minimum Gasteiger partial charge on any atom is -0.482 e. The first-order chi connectivity index (χ1) is 7.63. The van der Waals surface area contributed by atoms with Crippen LogP contribution in [0.4, 0.5) is 5.69 Å². The van der Waals surface area contributed by atoms with Gasteiger partial charge in [0.2, 0.25) is 0 Å². The number of rotatable bonds is 2. The van der Waals surface area contributed by atoms with E-state index >= 15 is 0 Å². The molecule has 0 radical (unpaired) electrons. The van der Waals surface area contributed by atoms with Gasteiger partial charge in [0.05, 0.1) is 5.69 Å². The van der Waals surface area contributed by atoms with Gasteiger partial charge >= 0.3 is 0 Å². The van der Waals surface area contributed by atoms with E-state index in [2.05, 4.69) is 26.0 Å². The molecule has 2 rings (SSSR count). The lowest BCUT2D eigenvalue weighted by Gasteiger charge is -2.29. The van der Waals surface area contributed by atoms with E-state index in [0.29, 0.717) is 12.5 Å². The molecule has 3 heteroatoms. The van der Waals surface area contributed by atoms with Crippen molar-refractivity contribution in [2.45, 2.75) is 26.7 Å². The van der Waals surface area contributed by atoms with E-state index in [9.17, 15) is 4.79 Å². The Labute approximate surface area is 96.0 Å². The summed E-state index contributed by atoms with van der Waals surface area (Å²) < 4.78 is 5.41. The number of fused-ring (bicyclic) bond motifs is 1. The Morgan fingerprint density at radius 1 is 1.44 bits per heavy atom. The van der Waals surface area contributed by atoms with Crippen LogP contribution in [0.3, 0.4) is 0 Å². The number of carbonyl (C=O) groups is 1. The van der Waals surface area contributed by atoms with Gasteiger partial charge in [-0.1, -0.05) is 19.9 Å². The summed E-state index contributed by atoms with van der Waals surface area (Å²) in [6.07, 6.45) is 0. The van der Waals surface area contributed by atoms with Gasteiger partial charge in [-0.25, -0.2) is 0 Å². The van der Waals surface area contributed by atoms with Crippen LogP contribution < -0.4 is 9.64 Å². The summed E-state index contributed by atoms with van der Waals surface area (Å²) in [4.78, 5) is 13.5. The van der Waals surface area contributed by atoms with E-state index in [1.54, 1.807) is 4.90 Å². The third-order valence-corrected chi connectivity index (χ3v) is 2.91. The van der Waals surface area contributed by atoms with Crippen LogP contribution in [0.25, 0.3) is 0 Å². The Morgan fingerprint density at radius 2 is 2.19 bits per heavy atom. The number of carbonyl (C=O) groups excluding carboxylic acids is 1. The molecule has 0 aliphatic carbocycles. The first-order valence-corrected chi connectivity index (χ1v) is 5.70. The zero-order valence-corrected chi connectivity index (χ0v) is 9.99. The zero-order valence-electron chi connectivity index (χ0n) is 9.99. The molecule has 0 unspecified atom stereocenters. The van der Waals surface area contributed by atoms with Crippen LogP contribution in [-0.4, -0.2) is 19.1 Å². The molecule has 3 nitrogen and oxygen atoms in total. The van der Waals surface area contributed by atoms with Gasteiger partial charge in [0.25, 0.3) is 5.91 Å². The van der Waals surface area contributed by atoms with Gasteiger partial charge in [-0.05, 0) is 30.5 Å². The Hall–Kier alpha value is -1.51. The Kier molecular flexibility index (Phi) is 2.86. The predicted molar refractivity (Wildman–Crippen MR) is 64.1 cm³/mol. The van der Waals surface area contributed by atoms with Gasteiger partial charge < -0.3 is 9.64 Å². The second-order valence-corrected chi connectivity index (χ2v) is 4.31. The predicted octanol–water partition coefficient (Wildman–Crippen LogP) is 2.56. The molecule has 1 heterocycles. The van der Waals surface area contributed by atoms with Crippen molar-refractivity contribution < 1.29 is 9.53 Å². The summed E-state index contributed by atoms with van der Waals surface area (Å²) >= 11 is 0. The molecule has 1 aliphatic rings. The molecule has 0 fully saturated rings. The van der Waals surface area contributed by atoms with Crippen molar-refractivity contribution in [1.82, 2.24) is 0 Å². The molecule has 0 saturated carbocycles. The maximum atomic E-state index is 11.7. The van der Waals surface area contributed by atoms with Crippen LogP contribution in [-0.2, 0) is 4.79 Å². The van der Waals surface area contributed by atoms with Gasteiger partial charge in [-0.3, -0.25) is 4.79 Å². The second-order valence-electron chi connectivity index (χ2n) is 4.31. The summed E-state index contributed by atoms with van der Waals surface area (Å²) in [6, 6.07) is 6.08. The lowest BCUT2D eigenvalue weighted by Crippen LogP contribution is -2.38. The third kappa shape index (κ3) is 1.77. The maximum Gasteiger partial charge on any atom is 0.265 e. The molecule has 0 atom stereocenters. The van der Waals surface area contributed by atoms with Crippen molar-refractivity contribution in [3.63, 3.8) is 0 Å². The fraction of sp³-hybridized carbons (Fsp3) is 0.462. The molecular formula is C13H17NO2. The standard InChI is InChI=1S/C13H17NO2/c1-4-14-11-7-10(9(2)3)5-6-12(11)16-8-13(14)15/h5-7,9H,4,8H2,1-3H3. The minimum atomic E-state index is 0.0379. The van der Waals surface area contributed by atoms with Gasteiger partial charge in [0.1, 0.15) is 5.75 Å². The summed E-state index contributed by atoms with van der Waals surface area (Å²) in [5.74, 6) is 1.31. The van der Waals surface area contributed by atoms with Crippen LogP contribution in [0.2, 0.25) is 0 Å². The van der Waals surface area contributed by atoms with E-state index in [0.717, 1.165) is 11.4 Å². The monoisotopic (exact) mass is 219 g/mol. The first-order valence-electron chi connectivity index (χ1n) is 5.70. The summed E-state index contributed by atoms with van der Waals surface area (Å²) in [6.45, 7) is 7.11. The molecule has 0 saturated heterocycles. The lowest BCUT2D eigenvalue weighted by atomic mass is 10.0. The summed E-state index contributed by atoms with van der Waals surface area (Å²) in [5, 5.41) is 0. The molecule has 0 bridgehead atoms. The third-order valence-electron chi connectivity index (χ3n) is 2.91. The number of benzene rings is 1. The van der Waals surface area contributed by atoms with Crippen LogP contribution in [0.5, 0.6) is 5.75 Å². The number of anilines is 1. The van der Waals surface area contributed by atoms with Gasteiger partial charge in [0.15, 0.2) is 6.61 Å². The lowest BCUT2D eigenvalue weighted by molar-refractivity contribution is -0.121. The van der Waals surface area contributed by atoms with Gasteiger partial charge in [0, 0.05) is 6.54 Å². The summed E-state index contributed by atoms with van der Waals surface area (Å²) in [7, 11) is 0. The van der Waals surface area contributed by atoms with Crippen molar-refractivity contribution in [3.05, 3.63) is 23.8 Å². The van der Waals surface area contributed by atoms with Crippen molar-refractivity contribution in [1.29, 1.82) is 0 Å². The van der Waals surface area contributed by atoms with Crippen LogP contribution >= 0.6 is 0 Å². The largest absolute Gasteiger partial charge is 0.482 e. The Balaban J connectivity index is 2.45. The Bertz CT molecular complexity index is 412. The highest BCUT2D eigenvalue weighted by molar-refractivity contribution is 5.97.